The van der Waals surface area contributed by atoms with Crippen LogP contribution in [0.15, 0.2) is 24.3 Å². The van der Waals surface area contributed by atoms with Gasteiger partial charge in [-0.15, -0.1) is 0 Å². The number of morpholine rings is 1. The molecule has 0 aliphatic carbocycles. The molecular formula is C15H21ClN2O2. The molecular weight excluding hydrogens is 276 g/mol. The molecule has 110 valence electrons. The van der Waals surface area contributed by atoms with E-state index in [1.54, 1.807) is 0 Å². The minimum atomic E-state index is -0.00770. The number of rotatable bonds is 5. The Morgan fingerprint density at radius 2 is 2.30 bits per heavy atom. The molecule has 1 atom stereocenters. The summed E-state index contributed by atoms with van der Waals surface area (Å²) in [5.41, 5.74) is 1.02. The summed E-state index contributed by atoms with van der Waals surface area (Å²) >= 11 is 6.21. The van der Waals surface area contributed by atoms with E-state index in [0.717, 1.165) is 30.2 Å². The summed E-state index contributed by atoms with van der Waals surface area (Å²) in [6.45, 7) is 5.69. The average molecular weight is 297 g/mol. The number of carbonyl (C=O) groups is 1. The minimum Gasteiger partial charge on any atom is -0.371 e. The van der Waals surface area contributed by atoms with Gasteiger partial charge in [0.15, 0.2) is 0 Å². The second-order valence-electron chi connectivity index (χ2n) is 4.89. The van der Waals surface area contributed by atoms with E-state index in [2.05, 4.69) is 10.2 Å². The molecule has 1 aromatic carbocycles. The number of carbonyl (C=O) groups excluding carboxylic acids is 1. The highest BCUT2D eigenvalue weighted by atomic mass is 35.5. The lowest BCUT2D eigenvalue weighted by atomic mass is 10.1. The van der Waals surface area contributed by atoms with Crippen molar-refractivity contribution in [3.8, 4) is 0 Å². The lowest BCUT2D eigenvalue weighted by Crippen LogP contribution is -2.40. The summed E-state index contributed by atoms with van der Waals surface area (Å²) in [7, 11) is 0. The van der Waals surface area contributed by atoms with Gasteiger partial charge in [-0.3, -0.25) is 9.69 Å². The van der Waals surface area contributed by atoms with Crippen LogP contribution in [0.25, 0.3) is 0 Å². The van der Waals surface area contributed by atoms with E-state index in [0.29, 0.717) is 19.6 Å². The first-order valence-corrected chi connectivity index (χ1v) is 7.43. The summed E-state index contributed by atoms with van der Waals surface area (Å²) in [6.07, 6.45) is 0.523. The maximum absolute atomic E-state index is 11.5. The normalized spacial score (nSPS) is 19.8. The molecule has 0 saturated carbocycles. The quantitative estimate of drug-likeness (QED) is 0.906. The van der Waals surface area contributed by atoms with Crippen LogP contribution in [0, 0.1) is 0 Å². The summed E-state index contributed by atoms with van der Waals surface area (Å²) < 4.78 is 5.80. The minimum absolute atomic E-state index is 0.00770. The SMILES string of the molecule is CCNC(=O)CCN1CCO[C@@H](c2ccccc2Cl)C1. The fraction of sp³-hybridized carbons (Fsp3) is 0.533. The van der Waals surface area contributed by atoms with Crippen LogP contribution in [0.4, 0.5) is 0 Å². The third-order valence-corrected chi connectivity index (χ3v) is 3.78. The largest absolute Gasteiger partial charge is 0.371 e. The number of ether oxygens (including phenoxy) is 1. The Labute approximate surface area is 125 Å². The van der Waals surface area contributed by atoms with Crippen LogP contribution in [0.1, 0.15) is 25.0 Å². The molecule has 1 N–H and O–H groups in total. The fourth-order valence-corrected chi connectivity index (χ4v) is 2.63. The zero-order chi connectivity index (χ0) is 14.4. The maximum atomic E-state index is 11.5. The van der Waals surface area contributed by atoms with Gasteiger partial charge in [-0.1, -0.05) is 29.8 Å². The van der Waals surface area contributed by atoms with Crippen molar-refractivity contribution in [1.82, 2.24) is 10.2 Å². The van der Waals surface area contributed by atoms with Gasteiger partial charge in [-0.25, -0.2) is 0 Å². The Hall–Kier alpha value is -1.10. The summed E-state index contributed by atoms with van der Waals surface area (Å²) in [5, 5.41) is 3.56. The monoisotopic (exact) mass is 296 g/mol. The molecule has 1 aliphatic rings. The van der Waals surface area contributed by atoms with Gasteiger partial charge in [0.25, 0.3) is 0 Å². The molecule has 2 rings (SSSR count). The zero-order valence-electron chi connectivity index (χ0n) is 11.8. The van der Waals surface area contributed by atoms with E-state index in [1.807, 2.05) is 31.2 Å². The molecule has 4 nitrogen and oxygen atoms in total. The first-order chi connectivity index (χ1) is 9.70. The number of nitrogens with one attached hydrogen (secondary N) is 1. The molecule has 0 bridgehead atoms. The first kappa shape index (κ1) is 15.3. The predicted molar refractivity (Wildman–Crippen MR) is 79.9 cm³/mol. The highest BCUT2D eigenvalue weighted by Crippen LogP contribution is 2.28. The molecule has 0 radical (unpaired) electrons. The lowest BCUT2D eigenvalue weighted by molar-refractivity contribution is -0.121. The Bertz CT molecular complexity index is 453. The Morgan fingerprint density at radius 3 is 3.05 bits per heavy atom. The molecule has 0 aromatic heterocycles. The Morgan fingerprint density at radius 1 is 1.50 bits per heavy atom. The second-order valence-corrected chi connectivity index (χ2v) is 5.29. The van der Waals surface area contributed by atoms with Crippen LogP contribution in [0.5, 0.6) is 0 Å². The van der Waals surface area contributed by atoms with Crippen molar-refractivity contribution in [3.05, 3.63) is 34.9 Å². The molecule has 1 amide bonds. The van der Waals surface area contributed by atoms with Gasteiger partial charge in [-0.2, -0.15) is 0 Å². The van der Waals surface area contributed by atoms with Crippen molar-refractivity contribution >= 4 is 17.5 Å². The van der Waals surface area contributed by atoms with Gasteiger partial charge in [-0.05, 0) is 13.0 Å². The van der Waals surface area contributed by atoms with Gasteiger partial charge < -0.3 is 10.1 Å². The van der Waals surface area contributed by atoms with Gasteiger partial charge in [0.05, 0.1) is 12.7 Å². The van der Waals surface area contributed by atoms with Crippen LogP contribution in [-0.4, -0.2) is 43.6 Å². The van der Waals surface area contributed by atoms with E-state index in [9.17, 15) is 4.79 Å². The molecule has 1 heterocycles. The van der Waals surface area contributed by atoms with Crippen LogP contribution in [0.3, 0.4) is 0 Å². The van der Waals surface area contributed by atoms with E-state index >= 15 is 0 Å². The Kier molecular flexibility index (Phi) is 5.83. The van der Waals surface area contributed by atoms with Crippen LogP contribution in [0.2, 0.25) is 5.02 Å². The number of halogens is 1. The number of hydrogen-bond acceptors (Lipinski definition) is 3. The summed E-state index contributed by atoms with van der Waals surface area (Å²) in [6, 6.07) is 7.77. The molecule has 5 heteroatoms. The molecule has 20 heavy (non-hydrogen) atoms. The van der Waals surface area contributed by atoms with E-state index in [-0.39, 0.29) is 12.0 Å². The van der Waals surface area contributed by atoms with E-state index in [1.165, 1.54) is 0 Å². The highest BCUT2D eigenvalue weighted by molar-refractivity contribution is 6.31. The molecule has 1 fully saturated rings. The number of amides is 1. The summed E-state index contributed by atoms with van der Waals surface area (Å²) in [4.78, 5) is 13.8. The van der Waals surface area contributed by atoms with Gasteiger partial charge in [0.1, 0.15) is 0 Å². The average Bonchev–Trinajstić information content (AvgIpc) is 2.46. The van der Waals surface area contributed by atoms with E-state index in [4.69, 9.17) is 16.3 Å². The topological polar surface area (TPSA) is 41.6 Å². The predicted octanol–water partition coefficient (Wildman–Crippen LogP) is 2.24. The number of hydrogen-bond donors (Lipinski definition) is 1. The standard InChI is InChI=1S/C15H21ClN2O2/c1-2-17-15(19)7-8-18-9-10-20-14(11-18)12-5-3-4-6-13(12)16/h3-6,14H,2,7-11H2,1H3,(H,17,19)/t14-/m1/s1. The van der Waals surface area contributed by atoms with Gasteiger partial charge in [0, 0.05) is 43.2 Å². The van der Waals surface area contributed by atoms with Gasteiger partial charge >= 0.3 is 0 Å². The maximum Gasteiger partial charge on any atom is 0.221 e. The molecule has 1 aromatic rings. The molecule has 0 unspecified atom stereocenters. The van der Waals surface area contributed by atoms with Crippen molar-refractivity contribution in [2.24, 2.45) is 0 Å². The van der Waals surface area contributed by atoms with Crippen molar-refractivity contribution in [3.63, 3.8) is 0 Å². The third kappa shape index (κ3) is 4.20. The van der Waals surface area contributed by atoms with Crippen LogP contribution < -0.4 is 5.32 Å². The highest BCUT2D eigenvalue weighted by Gasteiger charge is 2.23. The zero-order valence-corrected chi connectivity index (χ0v) is 12.5. The van der Waals surface area contributed by atoms with Crippen molar-refractivity contribution in [2.75, 3.05) is 32.8 Å². The van der Waals surface area contributed by atoms with E-state index < -0.39 is 0 Å². The van der Waals surface area contributed by atoms with Crippen molar-refractivity contribution < 1.29 is 9.53 Å². The first-order valence-electron chi connectivity index (χ1n) is 7.05. The lowest BCUT2D eigenvalue weighted by Gasteiger charge is -2.33. The number of benzene rings is 1. The third-order valence-electron chi connectivity index (χ3n) is 3.43. The molecule has 1 saturated heterocycles. The van der Waals surface area contributed by atoms with Crippen LogP contribution >= 0.6 is 11.6 Å². The van der Waals surface area contributed by atoms with Crippen LogP contribution in [-0.2, 0) is 9.53 Å². The van der Waals surface area contributed by atoms with Crippen molar-refractivity contribution in [1.29, 1.82) is 0 Å². The molecule has 0 spiro atoms. The van der Waals surface area contributed by atoms with Gasteiger partial charge in [0.2, 0.25) is 5.91 Å². The smallest absolute Gasteiger partial charge is 0.221 e. The summed E-state index contributed by atoms with van der Waals surface area (Å²) in [5.74, 6) is 0.105. The fourth-order valence-electron chi connectivity index (χ4n) is 2.38. The second kappa shape index (κ2) is 7.62. The molecule has 1 aliphatic heterocycles. The van der Waals surface area contributed by atoms with Crippen molar-refractivity contribution in [2.45, 2.75) is 19.4 Å². The number of nitrogens with zero attached hydrogens (tertiary/aromatic N) is 1. The Balaban J connectivity index is 1.89.